The predicted molar refractivity (Wildman–Crippen MR) is 63.0 cm³/mol. The number of aromatic nitrogens is 1. The van der Waals surface area contributed by atoms with Crippen molar-refractivity contribution in [2.75, 3.05) is 11.9 Å². The van der Waals surface area contributed by atoms with Gasteiger partial charge in [-0.25, -0.2) is 4.98 Å². The summed E-state index contributed by atoms with van der Waals surface area (Å²) in [7, 11) is 0. The molecule has 1 atom stereocenters. The van der Waals surface area contributed by atoms with Crippen molar-refractivity contribution in [3.8, 4) is 0 Å². The first-order chi connectivity index (χ1) is 9.12. The van der Waals surface area contributed by atoms with Crippen molar-refractivity contribution in [1.29, 1.82) is 0 Å². The van der Waals surface area contributed by atoms with Crippen molar-refractivity contribution < 1.29 is 27.9 Å². The molecule has 0 bridgehead atoms. The molecule has 6 nitrogen and oxygen atoms in total. The summed E-state index contributed by atoms with van der Waals surface area (Å²) in [5, 5.41) is 11.1. The fraction of sp³-hybridized carbons (Fsp3) is 0.364. The van der Waals surface area contributed by atoms with Gasteiger partial charge in [-0.15, -0.1) is 0 Å². The minimum Gasteiger partial charge on any atom is -0.481 e. The maximum Gasteiger partial charge on any atom is 0.433 e. The van der Waals surface area contributed by atoms with Crippen LogP contribution in [-0.2, 0) is 11.0 Å². The van der Waals surface area contributed by atoms with Crippen LogP contribution in [0.4, 0.5) is 19.0 Å². The number of carboxylic acids is 1. The molecule has 1 unspecified atom stereocenters. The highest BCUT2D eigenvalue weighted by atomic mass is 19.4. The molecule has 0 saturated carbocycles. The van der Waals surface area contributed by atoms with Crippen LogP contribution in [0.5, 0.6) is 0 Å². The molecule has 0 radical (unpaired) electrons. The number of pyridine rings is 1. The first-order valence-corrected chi connectivity index (χ1v) is 5.47. The zero-order valence-corrected chi connectivity index (χ0v) is 10.4. The van der Waals surface area contributed by atoms with E-state index < -0.39 is 29.7 Å². The van der Waals surface area contributed by atoms with Crippen molar-refractivity contribution in [3.63, 3.8) is 0 Å². The van der Waals surface area contributed by atoms with Crippen molar-refractivity contribution in [1.82, 2.24) is 4.98 Å². The van der Waals surface area contributed by atoms with Gasteiger partial charge in [-0.1, -0.05) is 6.92 Å². The number of alkyl halides is 3. The second-order valence-corrected chi connectivity index (χ2v) is 4.07. The number of amides is 1. The van der Waals surface area contributed by atoms with E-state index in [0.29, 0.717) is 6.07 Å². The quantitative estimate of drug-likeness (QED) is 0.759. The van der Waals surface area contributed by atoms with E-state index in [1.807, 2.05) is 0 Å². The minimum atomic E-state index is -4.68. The summed E-state index contributed by atoms with van der Waals surface area (Å²) in [6.07, 6.45) is -4.68. The van der Waals surface area contributed by atoms with Gasteiger partial charge in [-0.2, -0.15) is 13.2 Å². The SMILES string of the molecule is CC(CNc1nc(C(F)(F)F)ccc1C(N)=O)C(=O)O. The number of primary amides is 1. The fourth-order valence-electron chi connectivity index (χ4n) is 1.29. The Balaban J connectivity index is 3.07. The van der Waals surface area contributed by atoms with Crippen LogP contribution in [0.1, 0.15) is 23.0 Å². The number of nitrogens with zero attached hydrogens (tertiary/aromatic N) is 1. The van der Waals surface area contributed by atoms with E-state index in [1.165, 1.54) is 6.92 Å². The lowest BCUT2D eigenvalue weighted by Crippen LogP contribution is -2.23. The van der Waals surface area contributed by atoms with Gasteiger partial charge in [0.25, 0.3) is 5.91 Å². The number of hydrogen-bond donors (Lipinski definition) is 3. The van der Waals surface area contributed by atoms with Crippen LogP contribution in [-0.4, -0.2) is 28.5 Å². The molecule has 1 amide bonds. The lowest BCUT2D eigenvalue weighted by molar-refractivity contribution is -0.141. The van der Waals surface area contributed by atoms with Gasteiger partial charge < -0.3 is 16.2 Å². The van der Waals surface area contributed by atoms with Crippen LogP contribution >= 0.6 is 0 Å². The van der Waals surface area contributed by atoms with E-state index in [9.17, 15) is 22.8 Å². The zero-order chi connectivity index (χ0) is 15.5. The number of carbonyl (C=O) groups excluding carboxylic acids is 1. The summed E-state index contributed by atoms with van der Waals surface area (Å²) in [5.41, 5.74) is 3.58. The van der Waals surface area contributed by atoms with E-state index in [4.69, 9.17) is 10.8 Å². The second kappa shape index (κ2) is 5.76. The molecule has 9 heteroatoms. The lowest BCUT2D eigenvalue weighted by atomic mass is 10.1. The number of aliphatic carboxylic acids is 1. The molecular formula is C11H12F3N3O3. The zero-order valence-electron chi connectivity index (χ0n) is 10.4. The number of rotatable bonds is 5. The smallest absolute Gasteiger partial charge is 0.433 e. The Morgan fingerprint density at radius 1 is 1.45 bits per heavy atom. The fourth-order valence-corrected chi connectivity index (χ4v) is 1.29. The molecule has 20 heavy (non-hydrogen) atoms. The Morgan fingerprint density at radius 3 is 2.50 bits per heavy atom. The van der Waals surface area contributed by atoms with E-state index in [-0.39, 0.29) is 17.9 Å². The normalized spacial score (nSPS) is 12.8. The van der Waals surface area contributed by atoms with Crippen LogP contribution in [0.15, 0.2) is 12.1 Å². The van der Waals surface area contributed by atoms with Crippen LogP contribution in [0.25, 0.3) is 0 Å². The molecule has 110 valence electrons. The molecule has 0 aliphatic rings. The Bertz CT molecular complexity index is 531. The van der Waals surface area contributed by atoms with Crippen molar-refractivity contribution in [2.45, 2.75) is 13.1 Å². The summed E-state index contributed by atoms with van der Waals surface area (Å²) in [5.74, 6) is -3.35. The highest BCUT2D eigenvalue weighted by Gasteiger charge is 2.33. The summed E-state index contributed by atoms with van der Waals surface area (Å²) in [6, 6.07) is 1.53. The third-order valence-electron chi connectivity index (χ3n) is 2.45. The van der Waals surface area contributed by atoms with E-state index in [0.717, 1.165) is 6.07 Å². The van der Waals surface area contributed by atoms with Gasteiger partial charge in [-0.3, -0.25) is 9.59 Å². The molecule has 1 heterocycles. The molecule has 1 aromatic heterocycles. The Morgan fingerprint density at radius 2 is 2.05 bits per heavy atom. The van der Waals surface area contributed by atoms with Crippen LogP contribution in [0.3, 0.4) is 0 Å². The first kappa shape index (κ1) is 15.7. The maximum atomic E-state index is 12.5. The molecule has 0 saturated heterocycles. The summed E-state index contributed by atoms with van der Waals surface area (Å²) in [4.78, 5) is 25.0. The molecular weight excluding hydrogens is 279 g/mol. The molecule has 4 N–H and O–H groups in total. The highest BCUT2D eigenvalue weighted by molar-refractivity contribution is 5.97. The van der Waals surface area contributed by atoms with E-state index in [1.54, 1.807) is 0 Å². The molecule has 0 fully saturated rings. The topological polar surface area (TPSA) is 105 Å². The Labute approximate surface area is 111 Å². The molecule has 0 aliphatic carbocycles. The summed E-state index contributed by atoms with van der Waals surface area (Å²) in [6.45, 7) is 1.16. The average Bonchev–Trinajstić information content (AvgIpc) is 2.34. The highest BCUT2D eigenvalue weighted by Crippen LogP contribution is 2.29. The predicted octanol–water partition coefficient (Wildman–Crippen LogP) is 1.33. The van der Waals surface area contributed by atoms with E-state index >= 15 is 0 Å². The van der Waals surface area contributed by atoms with Gasteiger partial charge in [-0.05, 0) is 12.1 Å². The third kappa shape index (κ3) is 3.84. The number of nitrogens with one attached hydrogen (secondary N) is 1. The van der Waals surface area contributed by atoms with Crippen LogP contribution in [0, 0.1) is 5.92 Å². The largest absolute Gasteiger partial charge is 0.481 e. The summed E-state index contributed by atoms with van der Waals surface area (Å²) >= 11 is 0. The molecule has 0 spiro atoms. The van der Waals surface area contributed by atoms with Gasteiger partial charge in [0.05, 0.1) is 11.5 Å². The summed E-state index contributed by atoms with van der Waals surface area (Å²) < 4.78 is 37.6. The van der Waals surface area contributed by atoms with Gasteiger partial charge in [0.2, 0.25) is 0 Å². The van der Waals surface area contributed by atoms with Crippen molar-refractivity contribution in [3.05, 3.63) is 23.4 Å². The number of nitrogens with two attached hydrogens (primary N) is 1. The second-order valence-electron chi connectivity index (χ2n) is 4.07. The minimum absolute atomic E-state index is 0.191. The van der Waals surface area contributed by atoms with E-state index in [2.05, 4.69) is 10.3 Å². The van der Waals surface area contributed by atoms with Crippen LogP contribution < -0.4 is 11.1 Å². The molecule has 0 aliphatic heterocycles. The Hall–Kier alpha value is -2.32. The average molecular weight is 291 g/mol. The maximum absolute atomic E-state index is 12.5. The molecule has 0 aromatic carbocycles. The standard InChI is InChI=1S/C11H12F3N3O3/c1-5(10(19)20)4-16-9-6(8(15)18)2-3-7(17-9)11(12,13)14/h2-3,5H,4H2,1H3,(H2,15,18)(H,16,17)(H,19,20). The number of halogens is 3. The third-order valence-corrected chi connectivity index (χ3v) is 2.45. The molecule has 1 rings (SSSR count). The number of carboxylic acid groups (broad SMARTS) is 1. The van der Waals surface area contributed by atoms with Gasteiger partial charge in [0.1, 0.15) is 11.5 Å². The monoisotopic (exact) mass is 291 g/mol. The Kier molecular flexibility index (Phi) is 4.53. The van der Waals surface area contributed by atoms with Gasteiger partial charge in [0.15, 0.2) is 0 Å². The number of carbonyl (C=O) groups is 2. The number of hydrogen-bond acceptors (Lipinski definition) is 4. The lowest BCUT2D eigenvalue weighted by Gasteiger charge is -2.14. The number of anilines is 1. The molecule has 1 aromatic rings. The van der Waals surface area contributed by atoms with Gasteiger partial charge >= 0.3 is 12.1 Å². The first-order valence-electron chi connectivity index (χ1n) is 5.47. The van der Waals surface area contributed by atoms with Crippen molar-refractivity contribution in [2.24, 2.45) is 11.7 Å². The van der Waals surface area contributed by atoms with Gasteiger partial charge in [0, 0.05) is 6.54 Å². The van der Waals surface area contributed by atoms with Crippen LogP contribution in [0.2, 0.25) is 0 Å². The van der Waals surface area contributed by atoms with Crippen molar-refractivity contribution >= 4 is 17.7 Å².